The average molecular weight is 282 g/mol. The third-order valence-corrected chi connectivity index (χ3v) is 3.28. The number of halogens is 1. The Balaban J connectivity index is 2.68. The molecule has 0 amide bonds. The van der Waals surface area contributed by atoms with E-state index in [1.165, 1.54) is 32.8 Å². The van der Waals surface area contributed by atoms with E-state index in [-0.39, 0.29) is 11.3 Å². The maximum atomic E-state index is 13.9. The molecular weight excluding hydrogens is 259 g/mol. The van der Waals surface area contributed by atoms with Gasteiger partial charge in [0, 0.05) is 12.5 Å². The van der Waals surface area contributed by atoms with Gasteiger partial charge in [0.25, 0.3) is 0 Å². The Morgan fingerprint density at radius 2 is 1.65 bits per heavy atom. The highest BCUT2D eigenvalue weighted by atomic mass is 19.1. The number of ketones is 1. The first-order valence-corrected chi connectivity index (χ1v) is 7.08. The Bertz CT molecular complexity index is 444. The van der Waals surface area contributed by atoms with Gasteiger partial charge in [0.1, 0.15) is 5.82 Å². The Kier molecular flexibility index (Phi) is 7.05. The molecule has 0 fully saturated rings. The van der Waals surface area contributed by atoms with Crippen molar-refractivity contribution in [2.45, 2.75) is 45.4 Å². The van der Waals surface area contributed by atoms with E-state index < -0.39 is 5.82 Å². The van der Waals surface area contributed by atoms with Crippen LogP contribution in [0.3, 0.4) is 0 Å². The third-order valence-electron chi connectivity index (χ3n) is 3.28. The van der Waals surface area contributed by atoms with Crippen LogP contribution in [0.25, 0.3) is 0 Å². The van der Waals surface area contributed by atoms with Gasteiger partial charge in [0.2, 0.25) is 0 Å². The Labute approximate surface area is 120 Å². The normalized spacial score (nSPS) is 10.4. The summed E-state index contributed by atoms with van der Waals surface area (Å²) in [6.45, 7) is 2.14. The van der Waals surface area contributed by atoms with Crippen molar-refractivity contribution in [3.63, 3.8) is 0 Å². The van der Waals surface area contributed by atoms with Gasteiger partial charge in [0.05, 0.1) is 19.8 Å². The Morgan fingerprint density at radius 1 is 1.05 bits per heavy atom. The molecule has 4 heteroatoms. The molecule has 0 aliphatic carbocycles. The van der Waals surface area contributed by atoms with E-state index in [0.29, 0.717) is 17.9 Å². The van der Waals surface area contributed by atoms with Gasteiger partial charge in [-0.1, -0.05) is 32.6 Å². The topological polar surface area (TPSA) is 35.5 Å². The van der Waals surface area contributed by atoms with Gasteiger partial charge in [-0.25, -0.2) is 4.39 Å². The number of hydrogen-bond donors (Lipinski definition) is 0. The van der Waals surface area contributed by atoms with Gasteiger partial charge in [-0.15, -0.1) is 0 Å². The van der Waals surface area contributed by atoms with Gasteiger partial charge in [-0.05, 0) is 12.5 Å². The number of methoxy groups -OCH3 is 2. The summed E-state index contributed by atoms with van der Waals surface area (Å²) in [5.74, 6) is -0.0612. The number of benzene rings is 1. The average Bonchev–Trinajstić information content (AvgIpc) is 2.46. The monoisotopic (exact) mass is 282 g/mol. The van der Waals surface area contributed by atoms with Gasteiger partial charge in [-0.3, -0.25) is 4.79 Å². The third kappa shape index (κ3) is 4.51. The lowest BCUT2D eigenvalue weighted by Gasteiger charge is -2.10. The predicted molar refractivity (Wildman–Crippen MR) is 77.2 cm³/mol. The van der Waals surface area contributed by atoms with Crippen molar-refractivity contribution in [3.8, 4) is 11.5 Å². The molecule has 0 unspecified atom stereocenters. The fraction of sp³-hybridized carbons (Fsp3) is 0.562. The molecule has 0 aromatic heterocycles. The second-order valence-electron chi connectivity index (χ2n) is 4.77. The summed E-state index contributed by atoms with van der Waals surface area (Å²) in [7, 11) is 2.90. The van der Waals surface area contributed by atoms with Gasteiger partial charge < -0.3 is 9.47 Å². The molecule has 0 saturated heterocycles. The maximum Gasteiger partial charge on any atom is 0.165 e. The van der Waals surface area contributed by atoms with Crippen LogP contribution in [0, 0.1) is 5.82 Å². The lowest BCUT2D eigenvalue weighted by Crippen LogP contribution is -2.04. The number of rotatable bonds is 9. The van der Waals surface area contributed by atoms with Crippen molar-refractivity contribution in [2.75, 3.05) is 14.2 Å². The molecule has 0 atom stereocenters. The molecule has 0 saturated carbocycles. The van der Waals surface area contributed by atoms with Crippen molar-refractivity contribution in [3.05, 3.63) is 23.5 Å². The minimum atomic E-state index is -0.554. The minimum Gasteiger partial charge on any atom is -0.493 e. The number of carbonyl (C=O) groups is 1. The first kappa shape index (κ1) is 16.5. The van der Waals surface area contributed by atoms with Crippen LogP contribution in [0.2, 0.25) is 0 Å². The van der Waals surface area contributed by atoms with Crippen LogP contribution in [-0.2, 0) is 0 Å². The molecule has 1 aromatic carbocycles. The standard InChI is InChI=1S/C16H23FO3/c1-4-5-6-7-8-9-14(18)12-10-15(19-2)16(20-3)11-13(12)17/h10-11H,4-9H2,1-3H3. The first-order chi connectivity index (χ1) is 9.63. The largest absolute Gasteiger partial charge is 0.493 e. The quantitative estimate of drug-likeness (QED) is 0.498. The molecule has 20 heavy (non-hydrogen) atoms. The van der Waals surface area contributed by atoms with Crippen molar-refractivity contribution in [1.29, 1.82) is 0 Å². The van der Waals surface area contributed by atoms with Crippen LogP contribution in [0.1, 0.15) is 55.8 Å². The van der Waals surface area contributed by atoms with Crippen molar-refractivity contribution < 1.29 is 18.7 Å². The zero-order chi connectivity index (χ0) is 15.0. The highest BCUT2D eigenvalue weighted by molar-refractivity contribution is 5.97. The van der Waals surface area contributed by atoms with Crippen molar-refractivity contribution >= 4 is 5.78 Å². The molecule has 0 aliphatic rings. The van der Waals surface area contributed by atoms with E-state index in [2.05, 4.69) is 6.92 Å². The molecule has 1 rings (SSSR count). The fourth-order valence-electron chi connectivity index (χ4n) is 2.09. The minimum absolute atomic E-state index is 0.0816. The summed E-state index contributed by atoms with van der Waals surface area (Å²) in [6.07, 6.45) is 5.65. The summed E-state index contributed by atoms with van der Waals surface area (Å²) >= 11 is 0. The molecule has 0 aliphatic heterocycles. The van der Waals surface area contributed by atoms with E-state index >= 15 is 0 Å². The summed E-state index contributed by atoms with van der Waals surface area (Å²) in [6, 6.07) is 2.62. The molecular formula is C16H23FO3. The number of carbonyl (C=O) groups excluding carboxylic acids is 1. The zero-order valence-electron chi connectivity index (χ0n) is 12.5. The van der Waals surface area contributed by atoms with Crippen LogP contribution in [0.15, 0.2) is 12.1 Å². The lowest BCUT2D eigenvalue weighted by molar-refractivity contribution is 0.0974. The predicted octanol–water partition coefficient (Wildman–Crippen LogP) is 4.39. The summed E-state index contributed by atoms with van der Waals surface area (Å²) in [4.78, 5) is 12.0. The second kappa shape index (κ2) is 8.56. The lowest BCUT2D eigenvalue weighted by atomic mass is 10.0. The summed E-state index contributed by atoms with van der Waals surface area (Å²) < 4.78 is 24.0. The van der Waals surface area contributed by atoms with Crippen LogP contribution in [-0.4, -0.2) is 20.0 Å². The van der Waals surface area contributed by atoms with E-state index in [9.17, 15) is 9.18 Å². The number of Topliss-reactive ketones (excluding diaryl/α,β-unsaturated/α-hetero) is 1. The van der Waals surface area contributed by atoms with E-state index in [1.807, 2.05) is 0 Å². The van der Waals surface area contributed by atoms with Crippen LogP contribution >= 0.6 is 0 Å². The van der Waals surface area contributed by atoms with E-state index in [4.69, 9.17) is 9.47 Å². The molecule has 0 spiro atoms. The Hall–Kier alpha value is -1.58. The van der Waals surface area contributed by atoms with Crippen molar-refractivity contribution in [2.24, 2.45) is 0 Å². The highest BCUT2D eigenvalue weighted by Gasteiger charge is 2.16. The number of unbranched alkanes of at least 4 members (excludes halogenated alkanes) is 4. The van der Waals surface area contributed by atoms with E-state index in [0.717, 1.165) is 25.7 Å². The molecule has 1 aromatic rings. The number of ether oxygens (including phenoxy) is 2. The summed E-state index contributed by atoms with van der Waals surface area (Å²) in [5, 5.41) is 0. The molecule has 0 N–H and O–H groups in total. The van der Waals surface area contributed by atoms with Gasteiger partial charge in [-0.2, -0.15) is 0 Å². The maximum absolute atomic E-state index is 13.9. The van der Waals surface area contributed by atoms with Crippen LogP contribution in [0.4, 0.5) is 4.39 Å². The smallest absolute Gasteiger partial charge is 0.165 e. The van der Waals surface area contributed by atoms with Crippen LogP contribution in [0.5, 0.6) is 11.5 Å². The summed E-state index contributed by atoms with van der Waals surface area (Å²) in [5.41, 5.74) is 0.0816. The SMILES string of the molecule is CCCCCCCC(=O)c1cc(OC)c(OC)cc1F. The molecule has 0 radical (unpaired) electrons. The second-order valence-corrected chi connectivity index (χ2v) is 4.77. The highest BCUT2D eigenvalue weighted by Crippen LogP contribution is 2.30. The molecule has 0 heterocycles. The molecule has 112 valence electrons. The first-order valence-electron chi connectivity index (χ1n) is 7.08. The van der Waals surface area contributed by atoms with E-state index in [1.54, 1.807) is 0 Å². The van der Waals surface area contributed by atoms with Gasteiger partial charge >= 0.3 is 0 Å². The molecule has 0 bridgehead atoms. The Morgan fingerprint density at radius 3 is 2.25 bits per heavy atom. The van der Waals surface area contributed by atoms with Crippen molar-refractivity contribution in [1.82, 2.24) is 0 Å². The fourth-order valence-corrected chi connectivity index (χ4v) is 2.09. The number of hydrogen-bond acceptors (Lipinski definition) is 3. The molecule has 3 nitrogen and oxygen atoms in total. The van der Waals surface area contributed by atoms with Gasteiger partial charge in [0.15, 0.2) is 17.3 Å². The zero-order valence-corrected chi connectivity index (χ0v) is 12.5. The van der Waals surface area contributed by atoms with Crippen LogP contribution < -0.4 is 9.47 Å².